The Morgan fingerprint density at radius 2 is 2.00 bits per heavy atom. The molecule has 160 valence electrons. The van der Waals surface area contributed by atoms with Crippen LogP contribution in [0.1, 0.15) is 44.6 Å². The Kier molecular flexibility index (Phi) is 6.62. The van der Waals surface area contributed by atoms with Gasteiger partial charge in [0.25, 0.3) is 0 Å². The van der Waals surface area contributed by atoms with E-state index in [1.807, 2.05) is 18.2 Å². The molecular formula is C22H29N5O2S. The fourth-order valence-corrected chi connectivity index (χ4v) is 5.05. The van der Waals surface area contributed by atoms with Crippen molar-refractivity contribution >= 4 is 33.4 Å². The van der Waals surface area contributed by atoms with Crippen molar-refractivity contribution in [3.05, 3.63) is 35.9 Å². The lowest BCUT2D eigenvalue weighted by Crippen LogP contribution is -2.45. The standard InChI is InChI=1S/C22H29N5O2S/c1-16(11-12-17-7-3-2-4-8-17)23-20(29)18-9-5-13-26(15-18)21-24-25-22(30-21)27-14-6-10-19(27)28/h2-4,7-8,16,18H,5-6,9-15H2,1H3,(H,23,29)/t16-,18+/m1/s1. The van der Waals surface area contributed by atoms with E-state index in [0.29, 0.717) is 18.1 Å². The molecule has 0 unspecified atom stereocenters. The smallest absolute Gasteiger partial charge is 0.228 e. The average molecular weight is 428 g/mol. The van der Waals surface area contributed by atoms with Crippen molar-refractivity contribution in [2.45, 2.75) is 51.5 Å². The highest BCUT2D eigenvalue weighted by molar-refractivity contribution is 7.19. The zero-order valence-electron chi connectivity index (χ0n) is 17.4. The van der Waals surface area contributed by atoms with Crippen molar-refractivity contribution in [2.24, 2.45) is 5.92 Å². The second kappa shape index (κ2) is 9.55. The third-order valence-corrected chi connectivity index (χ3v) is 6.88. The van der Waals surface area contributed by atoms with Gasteiger partial charge in [0, 0.05) is 32.1 Å². The molecule has 0 radical (unpaired) electrons. The largest absolute Gasteiger partial charge is 0.353 e. The molecule has 3 heterocycles. The van der Waals surface area contributed by atoms with Gasteiger partial charge in [-0.3, -0.25) is 14.5 Å². The summed E-state index contributed by atoms with van der Waals surface area (Å²) in [5.74, 6) is 0.205. The highest BCUT2D eigenvalue weighted by Crippen LogP contribution is 2.32. The molecule has 30 heavy (non-hydrogen) atoms. The van der Waals surface area contributed by atoms with Crippen LogP contribution in [0.2, 0.25) is 0 Å². The Labute approximate surface area is 181 Å². The third kappa shape index (κ3) is 4.98. The van der Waals surface area contributed by atoms with Crippen LogP contribution in [-0.2, 0) is 16.0 Å². The van der Waals surface area contributed by atoms with Gasteiger partial charge in [0.05, 0.1) is 5.92 Å². The Morgan fingerprint density at radius 3 is 2.77 bits per heavy atom. The average Bonchev–Trinajstić information content (AvgIpc) is 3.42. The second-order valence-electron chi connectivity index (χ2n) is 8.24. The van der Waals surface area contributed by atoms with Crippen molar-refractivity contribution in [1.82, 2.24) is 15.5 Å². The van der Waals surface area contributed by atoms with Gasteiger partial charge in [-0.15, -0.1) is 10.2 Å². The van der Waals surface area contributed by atoms with E-state index in [2.05, 4.69) is 39.5 Å². The van der Waals surface area contributed by atoms with Gasteiger partial charge in [0.1, 0.15) is 0 Å². The van der Waals surface area contributed by atoms with E-state index >= 15 is 0 Å². The second-order valence-corrected chi connectivity index (χ2v) is 9.17. The number of benzene rings is 1. The van der Waals surface area contributed by atoms with Crippen LogP contribution in [-0.4, -0.2) is 47.7 Å². The molecule has 0 bridgehead atoms. The fraction of sp³-hybridized carbons (Fsp3) is 0.545. The van der Waals surface area contributed by atoms with Crippen molar-refractivity contribution in [3.63, 3.8) is 0 Å². The zero-order valence-corrected chi connectivity index (χ0v) is 18.2. The summed E-state index contributed by atoms with van der Waals surface area (Å²) < 4.78 is 0. The van der Waals surface area contributed by atoms with Crippen LogP contribution in [0, 0.1) is 5.92 Å². The van der Waals surface area contributed by atoms with E-state index in [9.17, 15) is 9.59 Å². The minimum absolute atomic E-state index is 0.0429. The maximum Gasteiger partial charge on any atom is 0.228 e. The van der Waals surface area contributed by atoms with Crippen molar-refractivity contribution in [1.29, 1.82) is 0 Å². The molecule has 2 amide bonds. The number of anilines is 2. The minimum atomic E-state index is -0.0429. The molecule has 4 rings (SSSR count). The van der Waals surface area contributed by atoms with E-state index in [1.54, 1.807) is 4.90 Å². The minimum Gasteiger partial charge on any atom is -0.353 e. The maximum absolute atomic E-state index is 12.8. The maximum atomic E-state index is 12.8. The number of aromatic nitrogens is 2. The number of rotatable bonds is 7. The quantitative estimate of drug-likeness (QED) is 0.735. The van der Waals surface area contributed by atoms with Crippen molar-refractivity contribution in [3.8, 4) is 0 Å². The molecule has 2 atom stereocenters. The summed E-state index contributed by atoms with van der Waals surface area (Å²) in [4.78, 5) is 28.6. The topological polar surface area (TPSA) is 78.4 Å². The zero-order chi connectivity index (χ0) is 20.9. The molecule has 2 aromatic rings. The first kappa shape index (κ1) is 20.8. The molecule has 0 spiro atoms. The monoisotopic (exact) mass is 427 g/mol. The first-order chi connectivity index (χ1) is 14.6. The Hall–Kier alpha value is -2.48. The predicted molar refractivity (Wildman–Crippen MR) is 119 cm³/mol. The summed E-state index contributed by atoms with van der Waals surface area (Å²) in [6.07, 6.45) is 5.20. The number of carbonyl (C=O) groups excluding carboxylic acids is 2. The number of hydrogen-bond acceptors (Lipinski definition) is 6. The normalized spacial score (nSPS) is 20.4. The molecule has 8 heteroatoms. The number of amides is 2. The third-order valence-electron chi connectivity index (χ3n) is 5.87. The lowest BCUT2D eigenvalue weighted by Gasteiger charge is -2.32. The molecule has 7 nitrogen and oxygen atoms in total. The molecule has 0 aliphatic carbocycles. The van der Waals surface area contributed by atoms with Crippen LogP contribution in [0.25, 0.3) is 0 Å². The summed E-state index contributed by atoms with van der Waals surface area (Å²) >= 11 is 1.45. The molecule has 0 saturated carbocycles. The van der Waals surface area contributed by atoms with Gasteiger partial charge in [0.15, 0.2) is 0 Å². The first-order valence-corrected chi connectivity index (χ1v) is 11.6. The number of piperidine rings is 1. The molecule has 1 aromatic heterocycles. The molecular weight excluding hydrogens is 398 g/mol. The summed E-state index contributed by atoms with van der Waals surface area (Å²) in [6, 6.07) is 10.5. The molecule has 2 fully saturated rings. The summed E-state index contributed by atoms with van der Waals surface area (Å²) in [7, 11) is 0. The van der Waals surface area contributed by atoms with Crippen LogP contribution in [0.3, 0.4) is 0 Å². The van der Waals surface area contributed by atoms with E-state index in [-0.39, 0.29) is 23.8 Å². The fourth-order valence-electron chi connectivity index (χ4n) is 4.12. The molecule has 2 aliphatic rings. The highest BCUT2D eigenvalue weighted by Gasteiger charge is 2.30. The Balaban J connectivity index is 1.29. The van der Waals surface area contributed by atoms with E-state index in [1.165, 1.54) is 16.9 Å². The number of hydrogen-bond donors (Lipinski definition) is 1. The van der Waals surface area contributed by atoms with Crippen molar-refractivity contribution in [2.75, 3.05) is 29.4 Å². The molecule has 2 aliphatic heterocycles. The van der Waals surface area contributed by atoms with Crippen LogP contribution in [0.5, 0.6) is 0 Å². The van der Waals surface area contributed by atoms with Crippen LogP contribution >= 0.6 is 11.3 Å². The Bertz CT molecular complexity index is 871. The van der Waals surface area contributed by atoms with E-state index in [0.717, 1.165) is 50.3 Å². The SMILES string of the molecule is C[C@H](CCc1ccccc1)NC(=O)[C@H]1CCCN(c2nnc(N3CCCC3=O)s2)C1. The molecule has 1 N–H and O–H groups in total. The first-order valence-electron chi connectivity index (χ1n) is 10.8. The number of carbonyl (C=O) groups is 2. The highest BCUT2D eigenvalue weighted by atomic mass is 32.1. The predicted octanol–water partition coefficient (Wildman–Crippen LogP) is 3.02. The number of nitrogens with zero attached hydrogens (tertiary/aromatic N) is 4. The van der Waals surface area contributed by atoms with Gasteiger partial charge < -0.3 is 10.2 Å². The van der Waals surface area contributed by atoms with Gasteiger partial charge in [-0.05, 0) is 44.6 Å². The summed E-state index contributed by atoms with van der Waals surface area (Å²) in [6.45, 7) is 4.32. The van der Waals surface area contributed by atoms with Gasteiger partial charge in [-0.25, -0.2) is 0 Å². The van der Waals surface area contributed by atoms with Crippen LogP contribution < -0.4 is 15.1 Å². The van der Waals surface area contributed by atoms with Gasteiger partial charge in [-0.2, -0.15) is 0 Å². The van der Waals surface area contributed by atoms with Crippen LogP contribution in [0.4, 0.5) is 10.3 Å². The van der Waals surface area contributed by atoms with Gasteiger partial charge in [-0.1, -0.05) is 41.7 Å². The Morgan fingerprint density at radius 1 is 1.20 bits per heavy atom. The lowest BCUT2D eigenvalue weighted by molar-refractivity contribution is -0.126. The molecule has 2 saturated heterocycles. The van der Waals surface area contributed by atoms with Gasteiger partial charge in [0.2, 0.25) is 22.1 Å². The van der Waals surface area contributed by atoms with E-state index < -0.39 is 0 Å². The lowest BCUT2D eigenvalue weighted by atomic mass is 9.96. The van der Waals surface area contributed by atoms with Crippen LogP contribution in [0.15, 0.2) is 30.3 Å². The summed E-state index contributed by atoms with van der Waals surface area (Å²) in [5, 5.41) is 13.2. The van der Waals surface area contributed by atoms with Gasteiger partial charge >= 0.3 is 0 Å². The molecule has 1 aromatic carbocycles. The summed E-state index contributed by atoms with van der Waals surface area (Å²) in [5.41, 5.74) is 1.30. The van der Waals surface area contributed by atoms with Crippen molar-refractivity contribution < 1.29 is 9.59 Å². The number of aryl methyl sites for hydroxylation is 1. The van der Waals surface area contributed by atoms with E-state index in [4.69, 9.17) is 0 Å². The number of nitrogens with one attached hydrogen (secondary N) is 1.